The van der Waals surface area contributed by atoms with Gasteiger partial charge in [0, 0.05) is 37.8 Å². The van der Waals surface area contributed by atoms with Gasteiger partial charge in [0.05, 0.1) is 4.92 Å². The summed E-state index contributed by atoms with van der Waals surface area (Å²) in [6, 6.07) is 4.43. The summed E-state index contributed by atoms with van der Waals surface area (Å²) < 4.78 is 5.37. The lowest BCUT2D eigenvalue weighted by Crippen LogP contribution is -2.53. The van der Waals surface area contributed by atoms with Crippen LogP contribution in [0.15, 0.2) is 18.2 Å². The van der Waals surface area contributed by atoms with Gasteiger partial charge in [-0.3, -0.25) is 20.3 Å². The predicted octanol–water partition coefficient (Wildman–Crippen LogP) is 0.561. The molecule has 1 N–H and O–H groups in total. The lowest BCUT2D eigenvalue weighted by atomic mass is 10.2. The lowest BCUT2D eigenvalue weighted by molar-refractivity contribution is -0.385. The van der Waals surface area contributed by atoms with Gasteiger partial charge in [-0.2, -0.15) is 0 Å². The van der Waals surface area contributed by atoms with Crippen molar-refractivity contribution < 1.29 is 14.5 Å². The zero-order chi connectivity index (χ0) is 16.1. The molecule has 0 unspecified atom stereocenters. The highest BCUT2D eigenvalue weighted by molar-refractivity contribution is 5.77. The quantitative estimate of drug-likeness (QED) is 0.632. The molecule has 0 bridgehead atoms. The monoisotopic (exact) mass is 308 g/mol. The molecule has 0 saturated carbocycles. The van der Waals surface area contributed by atoms with E-state index in [4.69, 9.17) is 4.74 Å². The number of piperazine rings is 1. The zero-order valence-corrected chi connectivity index (χ0v) is 12.7. The first-order valence-corrected chi connectivity index (χ1v) is 7.06. The number of nitrogens with one attached hydrogen (secondary N) is 1. The molecule has 22 heavy (non-hydrogen) atoms. The van der Waals surface area contributed by atoms with Crippen LogP contribution >= 0.6 is 0 Å². The van der Waals surface area contributed by atoms with Gasteiger partial charge in [-0.25, -0.2) is 5.01 Å². The van der Waals surface area contributed by atoms with E-state index in [1.807, 2.05) is 12.1 Å². The van der Waals surface area contributed by atoms with Crippen LogP contribution in [0.4, 0.5) is 5.69 Å². The maximum atomic E-state index is 11.8. The highest BCUT2D eigenvalue weighted by Gasteiger charge is 2.16. The standard InChI is InChI=1S/C14H20N4O4/c1-11-9-12(3-4-13(11)18(20)21)22-10-14(19)15-17-7-5-16(2)6-8-17/h3-4,9H,5-8,10H2,1-2H3,(H,15,19). The molecule has 8 nitrogen and oxygen atoms in total. The first-order chi connectivity index (χ1) is 10.5. The van der Waals surface area contributed by atoms with Gasteiger partial charge in [-0.15, -0.1) is 0 Å². The van der Waals surface area contributed by atoms with Crippen molar-refractivity contribution >= 4 is 11.6 Å². The highest BCUT2D eigenvalue weighted by atomic mass is 16.6. The molecular formula is C14H20N4O4. The number of benzene rings is 1. The van der Waals surface area contributed by atoms with Crippen LogP contribution < -0.4 is 10.2 Å². The van der Waals surface area contributed by atoms with Crippen molar-refractivity contribution in [1.29, 1.82) is 0 Å². The number of nitrogens with zero attached hydrogens (tertiary/aromatic N) is 3. The van der Waals surface area contributed by atoms with Crippen molar-refractivity contribution in [2.24, 2.45) is 0 Å². The van der Waals surface area contributed by atoms with Crippen LogP contribution in [-0.2, 0) is 4.79 Å². The summed E-state index contributed by atoms with van der Waals surface area (Å²) in [6.07, 6.45) is 0. The average Bonchev–Trinajstić information content (AvgIpc) is 2.47. The Morgan fingerprint density at radius 2 is 2.05 bits per heavy atom. The number of hydrazine groups is 1. The lowest BCUT2D eigenvalue weighted by Gasteiger charge is -2.32. The average molecular weight is 308 g/mol. The molecule has 1 aromatic carbocycles. The summed E-state index contributed by atoms with van der Waals surface area (Å²) >= 11 is 0. The van der Waals surface area contributed by atoms with Gasteiger partial charge in [0.2, 0.25) is 0 Å². The van der Waals surface area contributed by atoms with Crippen LogP contribution in [-0.4, -0.2) is 60.6 Å². The fourth-order valence-electron chi connectivity index (χ4n) is 2.20. The van der Waals surface area contributed by atoms with Gasteiger partial charge in [0.25, 0.3) is 11.6 Å². The molecule has 1 amide bonds. The number of carbonyl (C=O) groups excluding carboxylic acids is 1. The largest absolute Gasteiger partial charge is 0.484 e. The number of aryl methyl sites for hydroxylation is 1. The van der Waals surface area contributed by atoms with Gasteiger partial charge in [-0.05, 0) is 26.1 Å². The van der Waals surface area contributed by atoms with Crippen molar-refractivity contribution in [3.63, 3.8) is 0 Å². The maximum Gasteiger partial charge on any atom is 0.272 e. The van der Waals surface area contributed by atoms with Crippen molar-refractivity contribution in [3.05, 3.63) is 33.9 Å². The van der Waals surface area contributed by atoms with E-state index in [1.54, 1.807) is 13.0 Å². The summed E-state index contributed by atoms with van der Waals surface area (Å²) in [6.45, 7) is 4.88. The Morgan fingerprint density at radius 3 is 2.64 bits per heavy atom. The van der Waals surface area contributed by atoms with Crippen LogP contribution in [0.1, 0.15) is 5.56 Å². The van der Waals surface area contributed by atoms with Crippen molar-refractivity contribution in [2.45, 2.75) is 6.92 Å². The normalized spacial score (nSPS) is 16.3. The first-order valence-electron chi connectivity index (χ1n) is 7.06. The Labute approximate surface area is 128 Å². The van der Waals surface area contributed by atoms with E-state index < -0.39 is 4.92 Å². The molecule has 1 heterocycles. The maximum absolute atomic E-state index is 11.8. The highest BCUT2D eigenvalue weighted by Crippen LogP contribution is 2.22. The molecular weight excluding hydrogens is 288 g/mol. The number of hydrogen-bond acceptors (Lipinski definition) is 6. The molecule has 1 aliphatic heterocycles. The minimum absolute atomic E-state index is 0.0363. The van der Waals surface area contributed by atoms with E-state index in [0.29, 0.717) is 11.3 Å². The van der Waals surface area contributed by atoms with Crippen molar-refractivity contribution in [1.82, 2.24) is 15.3 Å². The number of hydrogen-bond donors (Lipinski definition) is 1. The molecule has 1 aromatic rings. The Kier molecular flexibility index (Phi) is 5.29. The predicted molar refractivity (Wildman–Crippen MR) is 80.5 cm³/mol. The van der Waals surface area contributed by atoms with E-state index in [-0.39, 0.29) is 18.2 Å². The molecule has 2 rings (SSSR count). The molecule has 1 fully saturated rings. The minimum atomic E-state index is -0.445. The third-order valence-electron chi connectivity index (χ3n) is 3.52. The van der Waals surface area contributed by atoms with Crippen LogP contribution in [0.5, 0.6) is 5.75 Å². The Morgan fingerprint density at radius 1 is 1.36 bits per heavy atom. The van der Waals surface area contributed by atoms with Gasteiger partial charge in [0.1, 0.15) is 5.75 Å². The van der Waals surface area contributed by atoms with E-state index in [2.05, 4.69) is 10.3 Å². The number of amides is 1. The first kappa shape index (κ1) is 16.2. The van der Waals surface area contributed by atoms with Gasteiger partial charge in [-0.1, -0.05) is 0 Å². The number of nitro groups is 1. The second kappa shape index (κ2) is 7.19. The third kappa shape index (κ3) is 4.40. The molecule has 0 atom stereocenters. The molecule has 1 saturated heterocycles. The summed E-state index contributed by atoms with van der Waals surface area (Å²) in [5, 5.41) is 12.6. The molecule has 8 heteroatoms. The Balaban J connectivity index is 1.81. The number of nitro benzene ring substituents is 1. The summed E-state index contributed by atoms with van der Waals surface area (Å²) in [5.41, 5.74) is 3.33. The number of rotatable bonds is 5. The van der Waals surface area contributed by atoms with E-state index in [0.717, 1.165) is 26.2 Å². The smallest absolute Gasteiger partial charge is 0.272 e. The van der Waals surface area contributed by atoms with Crippen LogP contribution in [0.25, 0.3) is 0 Å². The van der Waals surface area contributed by atoms with Crippen LogP contribution in [0, 0.1) is 17.0 Å². The van der Waals surface area contributed by atoms with Gasteiger partial charge >= 0.3 is 0 Å². The fraction of sp³-hybridized carbons (Fsp3) is 0.500. The second-order valence-electron chi connectivity index (χ2n) is 5.32. The molecule has 0 aromatic heterocycles. The Hall–Kier alpha value is -2.19. The van der Waals surface area contributed by atoms with E-state index >= 15 is 0 Å². The summed E-state index contributed by atoms with van der Waals surface area (Å²) in [7, 11) is 2.04. The molecule has 120 valence electrons. The minimum Gasteiger partial charge on any atom is -0.484 e. The topological polar surface area (TPSA) is 88.0 Å². The number of carbonyl (C=O) groups is 1. The van der Waals surface area contributed by atoms with E-state index in [9.17, 15) is 14.9 Å². The van der Waals surface area contributed by atoms with Gasteiger partial charge < -0.3 is 9.64 Å². The van der Waals surface area contributed by atoms with Crippen LogP contribution in [0.3, 0.4) is 0 Å². The summed E-state index contributed by atoms with van der Waals surface area (Å²) in [4.78, 5) is 24.3. The zero-order valence-electron chi connectivity index (χ0n) is 12.7. The Bertz CT molecular complexity index is 556. The molecule has 0 aliphatic carbocycles. The molecule has 0 radical (unpaired) electrons. The van der Waals surface area contributed by atoms with Crippen molar-refractivity contribution in [3.8, 4) is 5.75 Å². The summed E-state index contributed by atoms with van der Waals surface area (Å²) in [5.74, 6) is 0.206. The van der Waals surface area contributed by atoms with E-state index in [1.165, 1.54) is 12.1 Å². The molecule has 1 aliphatic rings. The second-order valence-corrected chi connectivity index (χ2v) is 5.32. The number of likely N-dealkylation sites (N-methyl/N-ethyl adjacent to an activating group) is 1. The SMILES string of the molecule is Cc1cc(OCC(=O)NN2CCN(C)CC2)ccc1[N+](=O)[O-]. The number of ether oxygens (including phenoxy) is 1. The third-order valence-corrected chi connectivity index (χ3v) is 3.52. The molecule has 0 spiro atoms. The van der Waals surface area contributed by atoms with Crippen LogP contribution in [0.2, 0.25) is 0 Å². The van der Waals surface area contributed by atoms with Gasteiger partial charge in [0.15, 0.2) is 6.61 Å². The fourth-order valence-corrected chi connectivity index (χ4v) is 2.20. The van der Waals surface area contributed by atoms with Crippen molar-refractivity contribution in [2.75, 3.05) is 39.8 Å².